The smallest absolute Gasteiger partial charge is 0.180 e. The number of nitrogen functional groups attached to an aromatic ring is 1. The minimum absolute atomic E-state index is 0.0910. The Bertz CT molecular complexity index is 339. The summed E-state index contributed by atoms with van der Waals surface area (Å²) >= 11 is 5.99. The molecule has 4 nitrogen and oxygen atoms in total. The molecular formula is C7H8FN3OS2. The van der Waals surface area contributed by atoms with Gasteiger partial charge in [0.05, 0.1) is 0 Å². The van der Waals surface area contributed by atoms with Crippen molar-refractivity contribution in [1.82, 2.24) is 4.98 Å². The lowest BCUT2D eigenvalue weighted by atomic mass is 10.3. The maximum absolute atomic E-state index is 11.7. The van der Waals surface area contributed by atoms with Crippen molar-refractivity contribution in [3.63, 3.8) is 0 Å². The Hall–Kier alpha value is -1.08. The third kappa shape index (κ3) is 3.00. The Morgan fingerprint density at radius 2 is 2.64 bits per heavy atom. The minimum Gasteiger partial charge on any atom is -0.392 e. The molecule has 0 aromatic carbocycles. The molecule has 0 saturated heterocycles. The van der Waals surface area contributed by atoms with Crippen LogP contribution in [0.5, 0.6) is 0 Å². The van der Waals surface area contributed by atoms with Crippen LogP contribution in [-0.4, -0.2) is 29.3 Å². The number of halogens is 1. The molecule has 1 heterocycles. The van der Waals surface area contributed by atoms with Gasteiger partial charge in [-0.25, -0.2) is 9.37 Å². The summed E-state index contributed by atoms with van der Waals surface area (Å²) in [6.07, 6.45) is 0. The summed E-state index contributed by atoms with van der Waals surface area (Å²) in [5, 5.41) is 7.06. The highest BCUT2D eigenvalue weighted by Gasteiger charge is 2.05. The second-order valence-electron chi connectivity index (χ2n) is 2.19. The maximum Gasteiger partial charge on any atom is 0.180 e. The quantitative estimate of drug-likeness (QED) is 0.361. The van der Waals surface area contributed by atoms with Gasteiger partial charge in [-0.3, -0.25) is 0 Å². The Kier molecular flexibility index (Phi) is 4.41. The topological polar surface area (TPSA) is 60.5 Å². The first kappa shape index (κ1) is 11.0. The molecule has 0 aliphatic rings. The molecule has 1 aromatic rings. The zero-order valence-corrected chi connectivity index (χ0v) is 8.78. The molecule has 0 unspecified atom stereocenters. The monoisotopic (exact) mass is 233 g/mol. The molecule has 0 radical (unpaired) electrons. The van der Waals surface area contributed by atoms with Crippen LogP contribution in [0.25, 0.3) is 0 Å². The van der Waals surface area contributed by atoms with E-state index in [1.54, 1.807) is 5.38 Å². The first-order valence-corrected chi connectivity index (χ1v) is 5.05. The SMILES string of the molecule is Nc1nc(C(C=S)=NOCCF)cs1. The van der Waals surface area contributed by atoms with Crippen LogP contribution in [-0.2, 0) is 4.84 Å². The fourth-order valence-electron chi connectivity index (χ4n) is 0.684. The van der Waals surface area contributed by atoms with Crippen LogP contribution in [0.1, 0.15) is 5.69 Å². The van der Waals surface area contributed by atoms with E-state index in [1.165, 1.54) is 16.7 Å². The number of rotatable bonds is 5. The zero-order valence-electron chi connectivity index (χ0n) is 7.14. The van der Waals surface area contributed by atoms with E-state index < -0.39 is 6.67 Å². The first-order chi connectivity index (χ1) is 6.77. The standard InChI is InChI=1S/C7H8FN3OS2/c8-1-2-12-11-5(3-13)6-4-14-7(9)10-6/h3-4H,1-2H2,(H2,9,10). The van der Waals surface area contributed by atoms with Crippen LogP contribution in [0.4, 0.5) is 9.52 Å². The number of aromatic nitrogens is 1. The molecule has 0 amide bonds. The molecule has 1 rings (SSSR count). The van der Waals surface area contributed by atoms with Crippen LogP contribution >= 0.6 is 23.6 Å². The van der Waals surface area contributed by atoms with E-state index in [1.807, 2.05) is 0 Å². The van der Waals surface area contributed by atoms with Crippen molar-refractivity contribution in [2.45, 2.75) is 0 Å². The lowest BCUT2D eigenvalue weighted by Gasteiger charge is -1.96. The second kappa shape index (κ2) is 5.61. The average molecular weight is 233 g/mol. The molecule has 76 valence electrons. The lowest BCUT2D eigenvalue weighted by Crippen LogP contribution is -2.04. The zero-order chi connectivity index (χ0) is 10.4. The van der Waals surface area contributed by atoms with Gasteiger partial charge in [-0.15, -0.1) is 11.3 Å². The molecule has 14 heavy (non-hydrogen) atoms. The number of nitrogens with zero attached hydrogens (tertiary/aromatic N) is 2. The highest BCUT2D eigenvalue weighted by atomic mass is 32.1. The van der Waals surface area contributed by atoms with Crippen molar-refractivity contribution in [2.75, 3.05) is 19.0 Å². The van der Waals surface area contributed by atoms with Crippen molar-refractivity contribution >= 4 is 39.8 Å². The van der Waals surface area contributed by atoms with Crippen LogP contribution in [0.3, 0.4) is 0 Å². The van der Waals surface area contributed by atoms with Gasteiger partial charge in [-0.1, -0.05) is 17.4 Å². The van der Waals surface area contributed by atoms with Crippen molar-refractivity contribution in [1.29, 1.82) is 0 Å². The van der Waals surface area contributed by atoms with Gasteiger partial charge >= 0.3 is 0 Å². The summed E-state index contributed by atoms with van der Waals surface area (Å²) in [6.45, 7) is -0.681. The molecule has 7 heteroatoms. The summed E-state index contributed by atoms with van der Waals surface area (Å²) in [6, 6.07) is 0. The predicted molar refractivity (Wildman–Crippen MR) is 58.6 cm³/mol. The van der Waals surface area contributed by atoms with E-state index in [-0.39, 0.29) is 6.61 Å². The fourth-order valence-corrected chi connectivity index (χ4v) is 1.40. The number of nitrogens with two attached hydrogens (primary N) is 1. The van der Waals surface area contributed by atoms with Gasteiger partial charge in [0.15, 0.2) is 5.13 Å². The van der Waals surface area contributed by atoms with Crippen molar-refractivity contribution < 1.29 is 9.23 Å². The molecule has 0 aliphatic heterocycles. The number of oxime groups is 1. The number of thiazole rings is 1. The third-order valence-corrected chi connectivity index (χ3v) is 2.12. The van der Waals surface area contributed by atoms with Gasteiger partial charge in [0.25, 0.3) is 0 Å². The fraction of sp³-hybridized carbons (Fsp3) is 0.286. The molecule has 0 atom stereocenters. The van der Waals surface area contributed by atoms with Gasteiger partial charge in [0.1, 0.15) is 24.7 Å². The summed E-state index contributed by atoms with van der Waals surface area (Å²) < 4.78 is 11.7. The van der Waals surface area contributed by atoms with E-state index in [9.17, 15) is 4.39 Å². The van der Waals surface area contributed by atoms with E-state index in [0.29, 0.717) is 16.5 Å². The summed E-state index contributed by atoms with van der Waals surface area (Å²) in [4.78, 5) is 8.59. The van der Waals surface area contributed by atoms with Crippen molar-refractivity contribution in [2.24, 2.45) is 5.16 Å². The lowest BCUT2D eigenvalue weighted by molar-refractivity contribution is 0.128. The largest absolute Gasteiger partial charge is 0.392 e. The molecule has 0 aliphatic carbocycles. The van der Waals surface area contributed by atoms with Crippen molar-refractivity contribution in [3.8, 4) is 0 Å². The van der Waals surface area contributed by atoms with Crippen LogP contribution in [0.2, 0.25) is 0 Å². The molecule has 0 saturated carbocycles. The Morgan fingerprint density at radius 1 is 1.86 bits per heavy atom. The van der Waals surface area contributed by atoms with Crippen LogP contribution in [0.15, 0.2) is 10.5 Å². The Morgan fingerprint density at radius 3 is 3.14 bits per heavy atom. The molecule has 0 bridgehead atoms. The second-order valence-corrected chi connectivity index (χ2v) is 3.31. The van der Waals surface area contributed by atoms with E-state index in [4.69, 9.17) is 18.0 Å². The third-order valence-electron chi connectivity index (χ3n) is 1.23. The highest BCUT2D eigenvalue weighted by Crippen LogP contribution is 2.11. The minimum atomic E-state index is -0.590. The van der Waals surface area contributed by atoms with Gasteiger partial charge < -0.3 is 10.6 Å². The summed E-state index contributed by atoms with van der Waals surface area (Å²) in [5.74, 6) is 0. The predicted octanol–water partition coefficient (Wildman–Crippen LogP) is 1.42. The Labute approximate surface area is 89.6 Å². The number of anilines is 1. The Balaban J connectivity index is 2.71. The summed E-state index contributed by atoms with van der Waals surface area (Å²) in [7, 11) is 0. The van der Waals surface area contributed by atoms with E-state index in [2.05, 4.69) is 15.0 Å². The van der Waals surface area contributed by atoms with Gasteiger partial charge in [-0.2, -0.15) is 0 Å². The van der Waals surface area contributed by atoms with Gasteiger partial charge in [0.2, 0.25) is 0 Å². The molecule has 0 spiro atoms. The normalized spacial score (nSPS) is 11.4. The summed E-state index contributed by atoms with van der Waals surface area (Å²) in [5.41, 5.74) is 6.35. The van der Waals surface area contributed by atoms with Crippen LogP contribution in [0, 0.1) is 0 Å². The molecule has 1 aromatic heterocycles. The van der Waals surface area contributed by atoms with Crippen LogP contribution < -0.4 is 5.73 Å². The first-order valence-electron chi connectivity index (χ1n) is 3.70. The molecule has 2 N–H and O–H groups in total. The number of thiocarbonyl (C=S) groups is 1. The average Bonchev–Trinajstić information content (AvgIpc) is 2.60. The number of hydrogen-bond acceptors (Lipinski definition) is 6. The van der Waals surface area contributed by atoms with E-state index >= 15 is 0 Å². The number of alkyl halides is 1. The van der Waals surface area contributed by atoms with E-state index in [0.717, 1.165) is 0 Å². The maximum atomic E-state index is 11.7. The highest BCUT2D eigenvalue weighted by molar-refractivity contribution is 7.80. The van der Waals surface area contributed by atoms with Gasteiger partial charge in [0, 0.05) is 10.7 Å². The molecule has 0 fully saturated rings. The molecular weight excluding hydrogens is 225 g/mol. The number of hydrogen-bond donors (Lipinski definition) is 1. The van der Waals surface area contributed by atoms with Crippen molar-refractivity contribution in [3.05, 3.63) is 11.1 Å². The van der Waals surface area contributed by atoms with Gasteiger partial charge in [-0.05, 0) is 0 Å².